The van der Waals surface area contributed by atoms with Gasteiger partial charge in [0.2, 0.25) is 0 Å². The Kier molecular flexibility index (Phi) is 4.50. The van der Waals surface area contributed by atoms with Gasteiger partial charge in [0.15, 0.2) is 0 Å². The molecule has 0 saturated carbocycles. The van der Waals surface area contributed by atoms with E-state index in [1.54, 1.807) is 18.2 Å². The highest BCUT2D eigenvalue weighted by Crippen LogP contribution is 2.38. The molecule has 0 bridgehead atoms. The first-order valence-electron chi connectivity index (χ1n) is 7.80. The molecule has 8 heteroatoms. The first kappa shape index (κ1) is 18.1. The molecule has 3 nitrogen and oxygen atoms in total. The fourth-order valence-electron chi connectivity index (χ4n) is 2.96. The van der Waals surface area contributed by atoms with E-state index in [1.807, 2.05) is 6.92 Å². The van der Waals surface area contributed by atoms with E-state index in [4.69, 9.17) is 23.2 Å². The average molecular weight is 423 g/mol. The van der Waals surface area contributed by atoms with Crippen molar-refractivity contribution in [2.75, 3.05) is 0 Å². The minimum atomic E-state index is -0.796. The van der Waals surface area contributed by atoms with Gasteiger partial charge < -0.3 is 4.98 Å². The quantitative estimate of drug-likeness (QED) is 0.417. The molecule has 2 aromatic carbocycles. The Bertz CT molecular complexity index is 1250. The number of hydrogen-bond donors (Lipinski definition) is 1. The number of halogens is 4. The van der Waals surface area contributed by atoms with Crippen LogP contribution in [0.15, 0.2) is 41.2 Å². The number of fused-ring (bicyclic) bond motifs is 1. The largest absolute Gasteiger partial charge is 0.306 e. The topological polar surface area (TPSA) is 45.8 Å². The lowest BCUT2D eigenvalue weighted by Crippen LogP contribution is -2.10. The van der Waals surface area contributed by atoms with E-state index in [1.165, 1.54) is 17.4 Å². The molecule has 0 aliphatic rings. The number of nitrogens with one attached hydrogen (secondary N) is 1. The van der Waals surface area contributed by atoms with Crippen LogP contribution in [0, 0.1) is 18.6 Å². The van der Waals surface area contributed by atoms with Gasteiger partial charge in [-0.25, -0.2) is 13.8 Å². The Labute approximate surface area is 166 Å². The predicted octanol–water partition coefficient (Wildman–Crippen LogP) is 6.21. The van der Waals surface area contributed by atoms with E-state index < -0.39 is 17.2 Å². The van der Waals surface area contributed by atoms with E-state index in [-0.39, 0.29) is 11.4 Å². The highest BCUT2D eigenvalue weighted by atomic mass is 35.5. The molecule has 27 heavy (non-hydrogen) atoms. The molecule has 0 aliphatic carbocycles. The van der Waals surface area contributed by atoms with Gasteiger partial charge >= 0.3 is 0 Å². The van der Waals surface area contributed by atoms with Crippen molar-refractivity contribution >= 4 is 44.8 Å². The van der Waals surface area contributed by atoms with Gasteiger partial charge in [0.25, 0.3) is 5.56 Å². The van der Waals surface area contributed by atoms with Gasteiger partial charge in [0.1, 0.15) is 22.3 Å². The number of rotatable bonds is 2. The Morgan fingerprint density at radius 3 is 2.41 bits per heavy atom. The molecule has 4 aromatic rings. The van der Waals surface area contributed by atoms with E-state index in [9.17, 15) is 13.6 Å². The van der Waals surface area contributed by atoms with Crippen LogP contribution >= 0.6 is 34.5 Å². The van der Waals surface area contributed by atoms with Crippen LogP contribution in [0.1, 0.15) is 4.88 Å². The van der Waals surface area contributed by atoms with Crippen molar-refractivity contribution in [2.45, 2.75) is 6.92 Å². The summed E-state index contributed by atoms with van der Waals surface area (Å²) >= 11 is 13.3. The first-order valence-corrected chi connectivity index (χ1v) is 9.37. The molecule has 136 valence electrons. The van der Waals surface area contributed by atoms with Gasteiger partial charge in [-0.1, -0.05) is 35.3 Å². The second-order valence-electron chi connectivity index (χ2n) is 5.85. The third kappa shape index (κ3) is 3.04. The van der Waals surface area contributed by atoms with E-state index in [0.717, 1.165) is 17.0 Å². The molecular formula is C19H10Cl2F2N2OS. The first-order chi connectivity index (χ1) is 12.9. The van der Waals surface area contributed by atoms with Crippen LogP contribution in [0.3, 0.4) is 0 Å². The molecule has 2 aromatic heterocycles. The number of aryl methyl sites for hydroxylation is 1. The van der Waals surface area contributed by atoms with Gasteiger partial charge in [0, 0.05) is 10.4 Å². The zero-order valence-corrected chi connectivity index (χ0v) is 16.1. The monoisotopic (exact) mass is 422 g/mol. The van der Waals surface area contributed by atoms with E-state index in [2.05, 4.69) is 9.97 Å². The Hall–Kier alpha value is -2.28. The fraction of sp³-hybridized carbons (Fsp3) is 0.0526. The highest BCUT2D eigenvalue weighted by molar-refractivity contribution is 7.19. The number of aromatic amines is 1. The zero-order valence-electron chi connectivity index (χ0n) is 13.7. The Balaban J connectivity index is 1.99. The molecule has 0 spiro atoms. The van der Waals surface area contributed by atoms with Gasteiger partial charge in [0.05, 0.1) is 21.0 Å². The average Bonchev–Trinajstić information content (AvgIpc) is 2.94. The summed E-state index contributed by atoms with van der Waals surface area (Å²) in [6.07, 6.45) is 0. The van der Waals surface area contributed by atoms with Crippen LogP contribution in [-0.4, -0.2) is 9.97 Å². The Morgan fingerprint density at radius 2 is 1.74 bits per heavy atom. The number of benzene rings is 2. The third-order valence-corrected chi connectivity index (χ3v) is 5.88. The lowest BCUT2D eigenvalue weighted by molar-refractivity contribution is 0.587. The van der Waals surface area contributed by atoms with Crippen molar-refractivity contribution in [1.29, 1.82) is 0 Å². The zero-order chi connectivity index (χ0) is 19.3. The summed E-state index contributed by atoms with van der Waals surface area (Å²) < 4.78 is 28.1. The maximum atomic E-state index is 14.1. The van der Waals surface area contributed by atoms with Gasteiger partial charge in [-0.05, 0) is 36.8 Å². The van der Waals surface area contributed by atoms with Gasteiger partial charge in [-0.15, -0.1) is 11.3 Å². The summed E-state index contributed by atoms with van der Waals surface area (Å²) in [7, 11) is 0. The number of hydrogen-bond acceptors (Lipinski definition) is 3. The molecule has 0 aliphatic heterocycles. The van der Waals surface area contributed by atoms with Crippen molar-refractivity contribution in [2.24, 2.45) is 0 Å². The summed E-state index contributed by atoms with van der Waals surface area (Å²) in [4.78, 5) is 20.8. The molecule has 0 fully saturated rings. The predicted molar refractivity (Wildman–Crippen MR) is 106 cm³/mol. The summed E-state index contributed by atoms with van der Waals surface area (Å²) in [6, 6.07) is 8.55. The van der Waals surface area contributed by atoms with Crippen LogP contribution in [0.25, 0.3) is 32.7 Å². The van der Waals surface area contributed by atoms with Crippen molar-refractivity contribution in [1.82, 2.24) is 9.97 Å². The molecule has 2 heterocycles. The minimum absolute atomic E-state index is 0.148. The maximum absolute atomic E-state index is 14.1. The summed E-state index contributed by atoms with van der Waals surface area (Å²) in [6.45, 7) is 1.84. The van der Waals surface area contributed by atoms with Crippen LogP contribution in [0.4, 0.5) is 8.78 Å². The third-order valence-electron chi connectivity index (χ3n) is 4.15. The van der Waals surface area contributed by atoms with Crippen molar-refractivity contribution < 1.29 is 8.78 Å². The van der Waals surface area contributed by atoms with Crippen LogP contribution in [-0.2, 0) is 0 Å². The number of thiophene rings is 1. The lowest BCUT2D eigenvalue weighted by atomic mass is 10.0. The lowest BCUT2D eigenvalue weighted by Gasteiger charge is -2.06. The second kappa shape index (κ2) is 6.71. The minimum Gasteiger partial charge on any atom is -0.306 e. The molecule has 1 N–H and O–H groups in total. The van der Waals surface area contributed by atoms with Gasteiger partial charge in [-0.2, -0.15) is 0 Å². The van der Waals surface area contributed by atoms with Crippen molar-refractivity contribution in [3.63, 3.8) is 0 Å². The van der Waals surface area contributed by atoms with Gasteiger partial charge in [-0.3, -0.25) is 4.79 Å². The van der Waals surface area contributed by atoms with Crippen molar-refractivity contribution in [3.05, 3.63) is 73.3 Å². The summed E-state index contributed by atoms with van der Waals surface area (Å²) in [5.41, 5.74) is 0.537. The molecule has 0 saturated heterocycles. The molecule has 0 atom stereocenters. The molecule has 4 rings (SSSR count). The van der Waals surface area contributed by atoms with E-state index >= 15 is 0 Å². The number of aromatic nitrogens is 2. The van der Waals surface area contributed by atoms with Crippen LogP contribution < -0.4 is 5.56 Å². The molecule has 0 radical (unpaired) electrons. The Morgan fingerprint density at radius 1 is 1.04 bits per heavy atom. The molecule has 0 amide bonds. The smallest absolute Gasteiger partial charge is 0.260 e. The van der Waals surface area contributed by atoms with Crippen LogP contribution in [0.2, 0.25) is 10.0 Å². The summed E-state index contributed by atoms with van der Waals surface area (Å²) in [5, 5.41) is 1.11. The van der Waals surface area contributed by atoms with Crippen LogP contribution in [0.5, 0.6) is 0 Å². The fourth-order valence-corrected chi connectivity index (χ4v) is 4.30. The number of H-pyrrole nitrogens is 1. The summed E-state index contributed by atoms with van der Waals surface area (Å²) in [5.74, 6) is -1.74. The maximum Gasteiger partial charge on any atom is 0.260 e. The number of nitrogens with zero attached hydrogens (tertiary/aromatic N) is 1. The SMILES string of the molecule is Cc1sc2nc(-c3c(F)cccc3F)[nH]c(=O)c2c1-c1ccc(Cl)c(Cl)c1. The molecule has 0 unspecified atom stereocenters. The molecular weight excluding hydrogens is 413 g/mol. The van der Waals surface area contributed by atoms with E-state index in [0.29, 0.717) is 31.4 Å². The second-order valence-corrected chi connectivity index (χ2v) is 7.87. The normalized spacial score (nSPS) is 11.3. The van der Waals surface area contributed by atoms with Crippen molar-refractivity contribution in [3.8, 4) is 22.5 Å². The highest BCUT2D eigenvalue weighted by Gasteiger charge is 2.20. The standard InChI is InChI=1S/C19H10Cl2F2N2OS/c1-8-14(9-5-6-10(20)11(21)7-9)16-18(26)24-17(25-19(16)27-8)15-12(22)3-2-4-13(15)23/h2-7H,1H3,(H,24,25,26).